The zero-order valence-corrected chi connectivity index (χ0v) is 23.3. The highest BCUT2D eigenvalue weighted by atomic mass is 16.5. The third-order valence-corrected chi connectivity index (χ3v) is 8.64. The van der Waals surface area contributed by atoms with Crippen molar-refractivity contribution in [1.29, 1.82) is 0 Å². The SMILES string of the molecule is COC(=O)c1cccc(C(=O)Oc2ccc(Cc3ccc(C)c(C4CCCCC4)c3)cc2C2CCCCC2)c1. The van der Waals surface area contributed by atoms with Gasteiger partial charge in [0.15, 0.2) is 0 Å². The molecule has 0 radical (unpaired) electrons. The van der Waals surface area contributed by atoms with Gasteiger partial charge in [0.1, 0.15) is 5.75 Å². The summed E-state index contributed by atoms with van der Waals surface area (Å²) in [6, 6.07) is 19.8. The van der Waals surface area contributed by atoms with Crippen molar-refractivity contribution in [2.75, 3.05) is 7.11 Å². The minimum absolute atomic E-state index is 0.334. The summed E-state index contributed by atoms with van der Waals surface area (Å²) >= 11 is 0. The van der Waals surface area contributed by atoms with E-state index in [4.69, 9.17) is 9.47 Å². The minimum Gasteiger partial charge on any atom is -0.465 e. The van der Waals surface area contributed by atoms with Crippen LogP contribution in [0.1, 0.15) is 125 Å². The van der Waals surface area contributed by atoms with E-state index < -0.39 is 11.9 Å². The largest absolute Gasteiger partial charge is 0.465 e. The van der Waals surface area contributed by atoms with Crippen LogP contribution < -0.4 is 4.74 Å². The molecule has 3 aromatic carbocycles. The van der Waals surface area contributed by atoms with Gasteiger partial charge in [-0.2, -0.15) is 0 Å². The van der Waals surface area contributed by atoms with Crippen LogP contribution in [0.15, 0.2) is 60.7 Å². The average molecular weight is 525 g/mol. The Bertz CT molecular complexity index is 1310. The number of carbonyl (C=O) groups is 2. The molecule has 2 aliphatic carbocycles. The predicted molar refractivity (Wildman–Crippen MR) is 155 cm³/mol. The van der Waals surface area contributed by atoms with Crippen molar-refractivity contribution in [1.82, 2.24) is 0 Å². The van der Waals surface area contributed by atoms with E-state index in [-0.39, 0.29) is 0 Å². The molecule has 0 bridgehead atoms. The van der Waals surface area contributed by atoms with E-state index in [1.165, 1.54) is 86.8 Å². The fraction of sp³-hybridized carbons (Fsp3) is 0.429. The van der Waals surface area contributed by atoms with Gasteiger partial charge in [-0.1, -0.05) is 74.9 Å². The van der Waals surface area contributed by atoms with Gasteiger partial charge in [0.25, 0.3) is 0 Å². The quantitative estimate of drug-likeness (QED) is 0.229. The van der Waals surface area contributed by atoms with Crippen LogP contribution in [0.3, 0.4) is 0 Å². The molecule has 0 amide bonds. The number of esters is 2. The molecule has 0 aromatic heterocycles. The molecule has 39 heavy (non-hydrogen) atoms. The topological polar surface area (TPSA) is 52.6 Å². The van der Waals surface area contributed by atoms with E-state index in [1.807, 2.05) is 6.07 Å². The van der Waals surface area contributed by atoms with E-state index in [9.17, 15) is 9.59 Å². The number of rotatable bonds is 7. The number of benzene rings is 3. The molecule has 5 rings (SSSR count). The standard InChI is InChI=1S/C35H40O4/c1-24-16-17-25(21-31(24)27-10-5-3-6-11-27)20-26-18-19-33(32(22-26)28-12-7-4-8-13-28)39-35(37)30-15-9-14-29(23-30)34(36)38-2/h9,14-19,21-23,27-28H,3-8,10-13,20H2,1-2H3. The summed E-state index contributed by atoms with van der Waals surface area (Å²) in [5.41, 5.74) is 7.34. The molecule has 0 aliphatic heterocycles. The van der Waals surface area contributed by atoms with Crippen molar-refractivity contribution in [3.63, 3.8) is 0 Å². The highest BCUT2D eigenvalue weighted by Gasteiger charge is 2.23. The lowest BCUT2D eigenvalue weighted by Gasteiger charge is -2.25. The molecular weight excluding hydrogens is 484 g/mol. The maximum atomic E-state index is 13.1. The van der Waals surface area contributed by atoms with Crippen molar-refractivity contribution in [3.05, 3.63) is 99.6 Å². The van der Waals surface area contributed by atoms with E-state index in [2.05, 4.69) is 37.3 Å². The molecule has 0 saturated heterocycles. The molecule has 2 aliphatic rings. The van der Waals surface area contributed by atoms with Gasteiger partial charge in [0.05, 0.1) is 18.2 Å². The van der Waals surface area contributed by atoms with Crippen LogP contribution >= 0.6 is 0 Å². The molecule has 0 unspecified atom stereocenters. The molecule has 0 atom stereocenters. The maximum Gasteiger partial charge on any atom is 0.343 e. The Morgan fingerprint density at radius 1 is 0.692 bits per heavy atom. The number of aryl methyl sites for hydroxylation is 1. The van der Waals surface area contributed by atoms with Gasteiger partial charge >= 0.3 is 11.9 Å². The van der Waals surface area contributed by atoms with Crippen LogP contribution in [0.25, 0.3) is 0 Å². The van der Waals surface area contributed by atoms with Gasteiger partial charge in [0.2, 0.25) is 0 Å². The first kappa shape index (κ1) is 27.2. The molecule has 2 fully saturated rings. The lowest BCUT2D eigenvalue weighted by atomic mass is 9.81. The molecule has 3 aromatic rings. The van der Waals surface area contributed by atoms with Gasteiger partial charge in [-0.05, 0) is 103 Å². The summed E-state index contributed by atoms with van der Waals surface area (Å²) in [6.07, 6.45) is 13.4. The highest BCUT2D eigenvalue weighted by molar-refractivity contribution is 5.96. The number of hydrogen-bond acceptors (Lipinski definition) is 4. The number of carbonyl (C=O) groups excluding carboxylic acids is 2. The third kappa shape index (κ3) is 6.61. The maximum absolute atomic E-state index is 13.1. The summed E-state index contributed by atoms with van der Waals surface area (Å²) in [5, 5.41) is 0. The van der Waals surface area contributed by atoms with Crippen LogP contribution in [0.2, 0.25) is 0 Å². The molecule has 0 spiro atoms. The molecule has 4 heteroatoms. The van der Waals surface area contributed by atoms with Gasteiger partial charge in [-0.3, -0.25) is 0 Å². The summed E-state index contributed by atoms with van der Waals surface area (Å²) in [5.74, 6) is 0.779. The number of hydrogen-bond donors (Lipinski definition) is 0. The van der Waals surface area contributed by atoms with Crippen molar-refractivity contribution >= 4 is 11.9 Å². The van der Waals surface area contributed by atoms with Crippen LogP contribution in [0.5, 0.6) is 5.75 Å². The first-order valence-corrected chi connectivity index (χ1v) is 14.6. The Labute approximate surface area is 232 Å². The summed E-state index contributed by atoms with van der Waals surface area (Å²) in [6.45, 7) is 2.25. The first-order chi connectivity index (χ1) is 19.0. The van der Waals surface area contributed by atoms with Crippen molar-refractivity contribution in [2.24, 2.45) is 0 Å². The normalized spacial score (nSPS) is 16.6. The fourth-order valence-electron chi connectivity index (χ4n) is 6.47. The van der Waals surface area contributed by atoms with Crippen LogP contribution in [-0.2, 0) is 11.2 Å². The lowest BCUT2D eigenvalue weighted by molar-refractivity contribution is 0.0600. The second kappa shape index (κ2) is 12.6. The number of ether oxygens (including phenoxy) is 2. The Kier molecular flexibility index (Phi) is 8.81. The van der Waals surface area contributed by atoms with Crippen LogP contribution in [-0.4, -0.2) is 19.0 Å². The average Bonchev–Trinajstić information content (AvgIpc) is 2.99. The second-order valence-corrected chi connectivity index (χ2v) is 11.4. The predicted octanol–water partition coefficient (Wildman–Crippen LogP) is 8.69. The Balaban J connectivity index is 1.40. The monoisotopic (exact) mass is 524 g/mol. The molecule has 204 valence electrons. The molecule has 2 saturated carbocycles. The fourth-order valence-corrected chi connectivity index (χ4v) is 6.47. The zero-order chi connectivity index (χ0) is 27.2. The van der Waals surface area contributed by atoms with E-state index in [0.29, 0.717) is 28.7 Å². The number of methoxy groups -OCH3 is 1. The van der Waals surface area contributed by atoms with E-state index >= 15 is 0 Å². The molecule has 0 N–H and O–H groups in total. The van der Waals surface area contributed by atoms with E-state index in [0.717, 1.165) is 24.8 Å². The second-order valence-electron chi connectivity index (χ2n) is 11.4. The molecular formula is C35H40O4. The van der Waals surface area contributed by atoms with Gasteiger partial charge in [0, 0.05) is 0 Å². The van der Waals surface area contributed by atoms with Gasteiger partial charge in [-0.15, -0.1) is 0 Å². The zero-order valence-electron chi connectivity index (χ0n) is 23.3. The smallest absolute Gasteiger partial charge is 0.343 e. The Hall–Kier alpha value is -3.40. The van der Waals surface area contributed by atoms with Gasteiger partial charge < -0.3 is 9.47 Å². The van der Waals surface area contributed by atoms with Crippen LogP contribution in [0.4, 0.5) is 0 Å². The summed E-state index contributed by atoms with van der Waals surface area (Å²) in [7, 11) is 1.33. The van der Waals surface area contributed by atoms with E-state index in [1.54, 1.807) is 18.2 Å². The van der Waals surface area contributed by atoms with Crippen molar-refractivity contribution < 1.29 is 19.1 Å². The third-order valence-electron chi connectivity index (χ3n) is 8.64. The van der Waals surface area contributed by atoms with Gasteiger partial charge in [-0.25, -0.2) is 9.59 Å². The Morgan fingerprint density at radius 2 is 1.26 bits per heavy atom. The minimum atomic E-state index is -0.473. The summed E-state index contributed by atoms with van der Waals surface area (Å²) in [4.78, 5) is 25.1. The van der Waals surface area contributed by atoms with Crippen molar-refractivity contribution in [3.8, 4) is 5.75 Å². The van der Waals surface area contributed by atoms with Crippen molar-refractivity contribution in [2.45, 2.75) is 89.4 Å². The lowest BCUT2D eigenvalue weighted by Crippen LogP contribution is -2.14. The Morgan fingerprint density at radius 3 is 1.90 bits per heavy atom. The summed E-state index contributed by atoms with van der Waals surface area (Å²) < 4.78 is 10.8. The highest BCUT2D eigenvalue weighted by Crippen LogP contribution is 2.39. The molecule has 4 nitrogen and oxygen atoms in total. The molecule has 0 heterocycles. The first-order valence-electron chi connectivity index (χ1n) is 14.6. The van der Waals surface area contributed by atoms with Crippen LogP contribution in [0, 0.1) is 6.92 Å².